The van der Waals surface area contributed by atoms with Crippen LogP contribution in [0.3, 0.4) is 0 Å². The van der Waals surface area contributed by atoms with Gasteiger partial charge in [0.1, 0.15) is 5.75 Å². The van der Waals surface area contributed by atoms with E-state index in [4.69, 9.17) is 15.2 Å². The van der Waals surface area contributed by atoms with Gasteiger partial charge >= 0.3 is 0 Å². The smallest absolute Gasteiger partial charge is 0.255 e. The van der Waals surface area contributed by atoms with Gasteiger partial charge in [-0.3, -0.25) is 4.79 Å². The lowest BCUT2D eigenvalue weighted by Gasteiger charge is -2.08. The van der Waals surface area contributed by atoms with Gasteiger partial charge in [-0.2, -0.15) is 0 Å². The lowest BCUT2D eigenvalue weighted by atomic mass is 10.1. The Labute approximate surface area is 116 Å². The van der Waals surface area contributed by atoms with Crippen LogP contribution in [0.5, 0.6) is 11.6 Å². The number of benzene rings is 1. The van der Waals surface area contributed by atoms with E-state index < -0.39 is 0 Å². The highest BCUT2D eigenvalue weighted by molar-refractivity contribution is 6.04. The van der Waals surface area contributed by atoms with Crippen molar-refractivity contribution in [3.8, 4) is 11.6 Å². The van der Waals surface area contributed by atoms with Crippen LogP contribution < -0.4 is 20.5 Å². The second-order valence-electron chi connectivity index (χ2n) is 4.00. The molecule has 0 radical (unpaired) electrons. The molecule has 3 N–H and O–H groups in total. The zero-order chi connectivity index (χ0) is 14.5. The number of pyridine rings is 1. The number of amides is 1. The van der Waals surface area contributed by atoms with Crippen LogP contribution >= 0.6 is 0 Å². The largest absolute Gasteiger partial charge is 0.495 e. The monoisotopic (exact) mass is 273 g/mol. The van der Waals surface area contributed by atoms with Crippen LogP contribution in [0.15, 0.2) is 36.5 Å². The SMILES string of the molecule is COc1ccc(NC(=O)c2ccc(N)c(OC)c2)cn1. The van der Waals surface area contributed by atoms with Crippen LogP contribution in [0.2, 0.25) is 0 Å². The molecule has 0 aliphatic rings. The van der Waals surface area contributed by atoms with E-state index in [0.717, 1.165) is 0 Å². The maximum absolute atomic E-state index is 12.1. The normalized spacial score (nSPS) is 9.90. The van der Waals surface area contributed by atoms with E-state index in [-0.39, 0.29) is 5.91 Å². The minimum absolute atomic E-state index is 0.268. The van der Waals surface area contributed by atoms with Crippen molar-refractivity contribution in [2.24, 2.45) is 0 Å². The lowest BCUT2D eigenvalue weighted by molar-refractivity contribution is 0.102. The van der Waals surface area contributed by atoms with Gasteiger partial charge in [-0.1, -0.05) is 0 Å². The summed E-state index contributed by atoms with van der Waals surface area (Å²) in [6, 6.07) is 8.21. The molecular formula is C14H15N3O3. The summed E-state index contributed by atoms with van der Waals surface area (Å²) < 4.78 is 10.0. The van der Waals surface area contributed by atoms with Crippen molar-refractivity contribution in [1.82, 2.24) is 4.98 Å². The summed E-state index contributed by atoms with van der Waals surface area (Å²) in [5.41, 5.74) is 7.21. The van der Waals surface area contributed by atoms with Gasteiger partial charge in [0.05, 0.1) is 31.8 Å². The van der Waals surface area contributed by atoms with Crippen molar-refractivity contribution in [2.75, 3.05) is 25.3 Å². The number of hydrogen-bond acceptors (Lipinski definition) is 5. The standard InChI is InChI=1S/C14H15N3O3/c1-19-12-7-9(3-5-11(12)15)14(18)17-10-4-6-13(20-2)16-8-10/h3-8H,15H2,1-2H3,(H,17,18). The Morgan fingerprint density at radius 3 is 2.60 bits per heavy atom. The molecule has 1 aromatic heterocycles. The number of carbonyl (C=O) groups is 1. The van der Waals surface area contributed by atoms with Gasteiger partial charge in [0.25, 0.3) is 5.91 Å². The van der Waals surface area contributed by atoms with Crippen molar-refractivity contribution in [2.45, 2.75) is 0 Å². The van der Waals surface area contributed by atoms with Crippen LogP contribution in [0.25, 0.3) is 0 Å². The molecule has 104 valence electrons. The highest BCUT2D eigenvalue weighted by atomic mass is 16.5. The van der Waals surface area contributed by atoms with Crippen molar-refractivity contribution < 1.29 is 14.3 Å². The molecule has 1 aromatic carbocycles. The predicted molar refractivity (Wildman–Crippen MR) is 76.1 cm³/mol. The Kier molecular flexibility index (Phi) is 4.05. The van der Waals surface area contributed by atoms with E-state index in [1.807, 2.05) is 0 Å². The molecule has 0 bridgehead atoms. The highest BCUT2D eigenvalue weighted by Gasteiger charge is 2.09. The molecule has 0 saturated carbocycles. The highest BCUT2D eigenvalue weighted by Crippen LogP contribution is 2.22. The summed E-state index contributed by atoms with van der Waals surface area (Å²) in [5, 5.41) is 2.73. The average Bonchev–Trinajstić information content (AvgIpc) is 2.48. The van der Waals surface area contributed by atoms with E-state index in [1.54, 1.807) is 30.3 Å². The van der Waals surface area contributed by atoms with Crippen molar-refractivity contribution >= 4 is 17.3 Å². The molecule has 0 saturated heterocycles. The molecule has 1 heterocycles. The molecule has 20 heavy (non-hydrogen) atoms. The van der Waals surface area contributed by atoms with Gasteiger partial charge in [-0.25, -0.2) is 4.98 Å². The maximum atomic E-state index is 12.1. The van der Waals surface area contributed by atoms with Gasteiger partial charge < -0.3 is 20.5 Å². The Morgan fingerprint density at radius 2 is 2.00 bits per heavy atom. The number of nitrogens with two attached hydrogens (primary N) is 1. The molecule has 0 spiro atoms. The van der Waals surface area contributed by atoms with Crippen molar-refractivity contribution in [1.29, 1.82) is 0 Å². The second-order valence-corrected chi connectivity index (χ2v) is 4.00. The average molecular weight is 273 g/mol. The third-order valence-electron chi connectivity index (χ3n) is 2.70. The second kappa shape index (κ2) is 5.92. The number of hydrogen-bond donors (Lipinski definition) is 2. The molecule has 6 nitrogen and oxygen atoms in total. The first-order valence-electron chi connectivity index (χ1n) is 5.89. The number of nitrogens with zero attached hydrogens (tertiary/aromatic N) is 1. The summed E-state index contributed by atoms with van der Waals surface area (Å²) in [6.07, 6.45) is 1.52. The van der Waals surface area contributed by atoms with E-state index in [0.29, 0.717) is 28.6 Å². The quantitative estimate of drug-likeness (QED) is 0.831. The van der Waals surface area contributed by atoms with Gasteiger partial charge in [-0.15, -0.1) is 0 Å². The summed E-state index contributed by atoms with van der Waals surface area (Å²) in [5.74, 6) is 0.679. The number of aromatic nitrogens is 1. The van der Waals surface area contributed by atoms with Crippen LogP contribution in [0.1, 0.15) is 10.4 Å². The van der Waals surface area contributed by atoms with Gasteiger partial charge in [-0.05, 0) is 24.3 Å². The molecule has 0 aliphatic heterocycles. The van der Waals surface area contributed by atoms with Crippen molar-refractivity contribution in [3.05, 3.63) is 42.1 Å². The minimum atomic E-state index is -0.268. The van der Waals surface area contributed by atoms with Gasteiger partial charge in [0.2, 0.25) is 5.88 Å². The first-order valence-corrected chi connectivity index (χ1v) is 5.89. The van der Waals surface area contributed by atoms with E-state index in [1.165, 1.54) is 20.4 Å². The Morgan fingerprint density at radius 1 is 1.20 bits per heavy atom. The number of methoxy groups -OCH3 is 2. The molecule has 2 rings (SSSR count). The summed E-state index contributed by atoms with van der Waals surface area (Å²) in [4.78, 5) is 16.1. The first-order chi connectivity index (χ1) is 9.63. The molecule has 0 unspecified atom stereocenters. The summed E-state index contributed by atoms with van der Waals surface area (Å²) >= 11 is 0. The molecule has 1 amide bonds. The third kappa shape index (κ3) is 2.97. The maximum Gasteiger partial charge on any atom is 0.255 e. The van der Waals surface area contributed by atoms with Crippen LogP contribution in [-0.2, 0) is 0 Å². The molecule has 0 fully saturated rings. The number of carbonyl (C=O) groups excluding carboxylic acids is 1. The molecule has 2 aromatic rings. The Balaban J connectivity index is 2.14. The zero-order valence-corrected chi connectivity index (χ0v) is 11.2. The topological polar surface area (TPSA) is 86.5 Å². The summed E-state index contributed by atoms with van der Waals surface area (Å²) in [7, 11) is 3.03. The number of rotatable bonds is 4. The van der Waals surface area contributed by atoms with Crippen LogP contribution in [-0.4, -0.2) is 25.1 Å². The summed E-state index contributed by atoms with van der Waals surface area (Å²) in [6.45, 7) is 0. The Hall–Kier alpha value is -2.76. The number of ether oxygens (including phenoxy) is 2. The fourth-order valence-electron chi connectivity index (χ4n) is 1.63. The predicted octanol–water partition coefficient (Wildman–Crippen LogP) is 1.93. The van der Waals surface area contributed by atoms with E-state index in [9.17, 15) is 4.79 Å². The van der Waals surface area contributed by atoms with Crippen LogP contribution in [0, 0.1) is 0 Å². The van der Waals surface area contributed by atoms with E-state index in [2.05, 4.69) is 10.3 Å². The third-order valence-corrected chi connectivity index (χ3v) is 2.70. The van der Waals surface area contributed by atoms with Crippen LogP contribution in [0.4, 0.5) is 11.4 Å². The van der Waals surface area contributed by atoms with Gasteiger partial charge in [0, 0.05) is 11.6 Å². The van der Waals surface area contributed by atoms with Crippen molar-refractivity contribution in [3.63, 3.8) is 0 Å². The lowest BCUT2D eigenvalue weighted by Crippen LogP contribution is -2.12. The molecular weight excluding hydrogens is 258 g/mol. The fraction of sp³-hybridized carbons (Fsp3) is 0.143. The number of nitrogens with one attached hydrogen (secondary N) is 1. The number of anilines is 2. The molecule has 6 heteroatoms. The number of nitrogen functional groups attached to an aromatic ring is 1. The zero-order valence-electron chi connectivity index (χ0n) is 11.2. The Bertz CT molecular complexity index is 612. The minimum Gasteiger partial charge on any atom is -0.495 e. The fourth-order valence-corrected chi connectivity index (χ4v) is 1.63. The first kappa shape index (κ1) is 13.7. The van der Waals surface area contributed by atoms with Gasteiger partial charge in [0.15, 0.2) is 0 Å². The molecule has 0 aliphatic carbocycles. The van der Waals surface area contributed by atoms with E-state index >= 15 is 0 Å². The molecule has 0 atom stereocenters.